The lowest BCUT2D eigenvalue weighted by atomic mass is 9.96. The number of rotatable bonds is 10. The lowest BCUT2D eigenvalue weighted by Gasteiger charge is -2.23. The minimum absolute atomic E-state index is 0.0959. The molecule has 2 aromatic carbocycles. The molecule has 0 radical (unpaired) electrons. The first kappa shape index (κ1) is 22.0. The van der Waals surface area contributed by atoms with Gasteiger partial charge in [-0.3, -0.25) is 10.2 Å². The van der Waals surface area contributed by atoms with Gasteiger partial charge in [-0.2, -0.15) is 0 Å². The number of carbonyl (C=O) groups excluding carboxylic acids is 1. The van der Waals surface area contributed by atoms with Crippen LogP contribution in [0.15, 0.2) is 66.2 Å². The highest BCUT2D eigenvalue weighted by molar-refractivity contribution is 6.00. The molecule has 0 saturated heterocycles. The second kappa shape index (κ2) is 9.97. The second-order valence-electron chi connectivity index (χ2n) is 8.15. The first-order valence-corrected chi connectivity index (χ1v) is 10.9. The normalized spacial score (nSPS) is 19.7. The Morgan fingerprint density at radius 1 is 1.22 bits per heavy atom. The molecule has 2 aliphatic rings. The Bertz CT molecular complexity index is 964. The number of benzene rings is 2. The summed E-state index contributed by atoms with van der Waals surface area (Å²) in [6, 6.07) is 15.8. The van der Waals surface area contributed by atoms with Crippen LogP contribution in [0.1, 0.15) is 29.5 Å². The molecule has 0 aromatic heterocycles. The third-order valence-corrected chi connectivity index (χ3v) is 5.78. The quantitative estimate of drug-likeness (QED) is 0.303. The van der Waals surface area contributed by atoms with Gasteiger partial charge in [-0.05, 0) is 48.2 Å². The van der Waals surface area contributed by atoms with Gasteiger partial charge in [-0.15, -0.1) is 6.58 Å². The summed E-state index contributed by atoms with van der Waals surface area (Å²) in [5.74, 6) is 0.905. The molecular formula is C25H29N3O4. The fraction of sp³-hybridized carbons (Fsp3) is 0.360. The number of aliphatic hydroxyl groups is 1. The fourth-order valence-corrected chi connectivity index (χ4v) is 4.04. The first-order valence-electron chi connectivity index (χ1n) is 10.9. The molecule has 1 amide bonds. The molecule has 2 aromatic rings. The number of fused-ring (bicyclic) bond motifs is 1. The molecule has 4 rings (SSSR count). The number of hydrogen-bond donors (Lipinski definition) is 3. The van der Waals surface area contributed by atoms with Crippen molar-refractivity contribution in [3.05, 3.63) is 77.9 Å². The van der Waals surface area contributed by atoms with Gasteiger partial charge in [0.25, 0.3) is 5.91 Å². The summed E-state index contributed by atoms with van der Waals surface area (Å²) >= 11 is 0. The van der Waals surface area contributed by atoms with Crippen molar-refractivity contribution in [1.82, 2.24) is 10.9 Å². The Morgan fingerprint density at radius 2 is 1.94 bits per heavy atom. The zero-order valence-electron chi connectivity index (χ0n) is 18.0. The molecule has 1 atom stereocenters. The van der Waals surface area contributed by atoms with Crippen LogP contribution in [0.2, 0.25) is 0 Å². The number of hydrazine groups is 1. The summed E-state index contributed by atoms with van der Waals surface area (Å²) in [5.41, 5.74) is 8.41. The van der Waals surface area contributed by atoms with Gasteiger partial charge in [-0.1, -0.05) is 30.3 Å². The van der Waals surface area contributed by atoms with E-state index < -0.39 is 5.54 Å². The summed E-state index contributed by atoms with van der Waals surface area (Å²) in [5, 5.41) is 8.85. The van der Waals surface area contributed by atoms with Gasteiger partial charge >= 0.3 is 0 Å². The summed E-state index contributed by atoms with van der Waals surface area (Å²) in [7, 11) is 0. The van der Waals surface area contributed by atoms with Crippen LogP contribution in [0.3, 0.4) is 0 Å². The maximum absolute atomic E-state index is 13.1. The number of hydrogen-bond acceptors (Lipinski definition) is 6. The SMILES string of the molecule is C=CC[C@@]1(C(=O)NNC2Cc3ccccc3C2)COC(c2ccc(OCCCO)cc2)=N1. The Kier molecular flexibility index (Phi) is 6.87. The average Bonchev–Trinajstić information content (AvgIpc) is 3.43. The number of aliphatic hydroxyl groups excluding tert-OH is 1. The average molecular weight is 436 g/mol. The minimum atomic E-state index is -1.05. The van der Waals surface area contributed by atoms with Gasteiger partial charge in [0.1, 0.15) is 12.4 Å². The molecule has 168 valence electrons. The van der Waals surface area contributed by atoms with Crippen molar-refractivity contribution in [2.24, 2.45) is 4.99 Å². The zero-order chi connectivity index (χ0) is 22.4. The standard InChI is InChI=1S/C25H29N3O4/c1-2-12-25(24(30)28-27-21-15-19-6-3-4-7-20(19)16-21)17-32-23(26-25)18-8-10-22(11-9-18)31-14-5-13-29/h2-4,6-11,21,27,29H,1,5,12-17H2,(H,28,30)/t25-/m0/s1. The number of carbonyl (C=O) groups is 1. The number of ether oxygens (including phenoxy) is 2. The van der Waals surface area contributed by atoms with Crippen LogP contribution in [-0.2, 0) is 22.4 Å². The van der Waals surface area contributed by atoms with E-state index in [0.717, 1.165) is 18.4 Å². The molecule has 1 aliphatic carbocycles. The largest absolute Gasteiger partial charge is 0.494 e. The lowest BCUT2D eigenvalue weighted by molar-refractivity contribution is -0.127. The predicted octanol–water partition coefficient (Wildman–Crippen LogP) is 2.33. The van der Waals surface area contributed by atoms with E-state index in [2.05, 4.69) is 34.6 Å². The van der Waals surface area contributed by atoms with E-state index in [1.165, 1.54) is 11.1 Å². The van der Waals surface area contributed by atoms with Crippen LogP contribution >= 0.6 is 0 Å². The minimum Gasteiger partial charge on any atom is -0.494 e. The number of nitrogens with zero attached hydrogens (tertiary/aromatic N) is 1. The molecule has 0 spiro atoms. The number of nitrogens with one attached hydrogen (secondary N) is 2. The fourth-order valence-electron chi connectivity index (χ4n) is 4.04. The van der Waals surface area contributed by atoms with E-state index in [-0.39, 0.29) is 25.2 Å². The highest BCUT2D eigenvalue weighted by Gasteiger charge is 2.43. The molecule has 7 nitrogen and oxygen atoms in total. The van der Waals surface area contributed by atoms with Crippen LogP contribution < -0.4 is 15.6 Å². The van der Waals surface area contributed by atoms with E-state index in [1.54, 1.807) is 6.08 Å². The van der Waals surface area contributed by atoms with Gasteiger partial charge in [0.05, 0.1) is 6.61 Å². The summed E-state index contributed by atoms with van der Waals surface area (Å²) < 4.78 is 11.4. The Balaban J connectivity index is 1.39. The Labute approximate surface area is 188 Å². The third-order valence-electron chi connectivity index (χ3n) is 5.78. The van der Waals surface area contributed by atoms with E-state index >= 15 is 0 Å². The van der Waals surface area contributed by atoms with Crippen molar-refractivity contribution >= 4 is 11.8 Å². The Hall–Kier alpha value is -3.16. The second-order valence-corrected chi connectivity index (χ2v) is 8.15. The lowest BCUT2D eigenvalue weighted by Crippen LogP contribution is -2.54. The van der Waals surface area contributed by atoms with Crippen molar-refractivity contribution in [3.63, 3.8) is 0 Å². The van der Waals surface area contributed by atoms with Crippen molar-refractivity contribution < 1.29 is 19.4 Å². The molecule has 0 unspecified atom stereocenters. The molecule has 0 fully saturated rings. The number of aliphatic imine (C=N–C) groups is 1. The first-order chi connectivity index (χ1) is 15.6. The molecular weight excluding hydrogens is 406 g/mol. The Morgan fingerprint density at radius 3 is 2.59 bits per heavy atom. The molecule has 1 aliphatic heterocycles. The van der Waals surface area contributed by atoms with Crippen molar-refractivity contribution in [2.75, 3.05) is 19.8 Å². The molecule has 32 heavy (non-hydrogen) atoms. The van der Waals surface area contributed by atoms with Crippen LogP contribution in [0.25, 0.3) is 0 Å². The molecule has 0 saturated carbocycles. The monoisotopic (exact) mass is 435 g/mol. The van der Waals surface area contributed by atoms with Crippen molar-refractivity contribution in [3.8, 4) is 5.75 Å². The van der Waals surface area contributed by atoms with Crippen LogP contribution in [0.5, 0.6) is 5.75 Å². The third kappa shape index (κ3) is 4.84. The molecule has 3 N–H and O–H groups in total. The zero-order valence-corrected chi connectivity index (χ0v) is 18.0. The predicted molar refractivity (Wildman–Crippen MR) is 123 cm³/mol. The van der Waals surface area contributed by atoms with E-state index in [1.807, 2.05) is 36.4 Å². The van der Waals surface area contributed by atoms with Gasteiger partial charge in [-0.25, -0.2) is 10.4 Å². The molecule has 7 heteroatoms. The smallest absolute Gasteiger partial charge is 0.266 e. The highest BCUT2D eigenvalue weighted by Crippen LogP contribution is 2.27. The van der Waals surface area contributed by atoms with Gasteiger partial charge in [0.2, 0.25) is 5.90 Å². The summed E-state index contributed by atoms with van der Waals surface area (Å²) in [6.07, 6.45) is 4.40. The summed E-state index contributed by atoms with van der Waals surface area (Å²) in [4.78, 5) is 17.8. The van der Waals surface area contributed by atoms with E-state index in [4.69, 9.17) is 14.6 Å². The number of amides is 1. The maximum Gasteiger partial charge on any atom is 0.266 e. The van der Waals surface area contributed by atoms with Crippen molar-refractivity contribution in [1.29, 1.82) is 0 Å². The molecule has 1 heterocycles. The van der Waals surface area contributed by atoms with Crippen LogP contribution in [-0.4, -0.2) is 48.3 Å². The van der Waals surface area contributed by atoms with E-state index in [9.17, 15) is 4.79 Å². The topological polar surface area (TPSA) is 92.2 Å². The van der Waals surface area contributed by atoms with Gasteiger partial charge in [0, 0.05) is 31.1 Å². The van der Waals surface area contributed by atoms with Gasteiger partial charge in [0.15, 0.2) is 5.54 Å². The van der Waals surface area contributed by atoms with Crippen molar-refractivity contribution in [2.45, 2.75) is 37.3 Å². The highest BCUT2D eigenvalue weighted by atomic mass is 16.5. The van der Waals surface area contributed by atoms with Crippen LogP contribution in [0, 0.1) is 0 Å². The maximum atomic E-state index is 13.1. The van der Waals surface area contributed by atoms with E-state index in [0.29, 0.717) is 31.1 Å². The molecule has 0 bridgehead atoms. The van der Waals surface area contributed by atoms with Crippen LogP contribution in [0.4, 0.5) is 0 Å². The van der Waals surface area contributed by atoms with Gasteiger partial charge < -0.3 is 14.6 Å². The summed E-state index contributed by atoms with van der Waals surface area (Å²) in [6.45, 7) is 4.51.